The molecule has 184 valence electrons. The molecule has 34 heavy (non-hydrogen) atoms. The number of nitrogens with zero attached hydrogens (tertiary/aromatic N) is 3. The van der Waals surface area contributed by atoms with E-state index >= 15 is 0 Å². The van der Waals surface area contributed by atoms with Gasteiger partial charge in [0, 0.05) is 19.1 Å². The van der Waals surface area contributed by atoms with E-state index in [9.17, 15) is 9.59 Å². The number of carbonyl (C=O) groups is 2. The summed E-state index contributed by atoms with van der Waals surface area (Å²) in [5.41, 5.74) is 6.27. The maximum absolute atomic E-state index is 12.5. The number of hydrogen-bond acceptors (Lipinski definition) is 10. The Labute approximate surface area is 199 Å². The molecule has 2 heterocycles. The van der Waals surface area contributed by atoms with Crippen molar-refractivity contribution in [2.45, 2.75) is 45.8 Å². The van der Waals surface area contributed by atoms with Gasteiger partial charge in [-0.05, 0) is 46.2 Å². The predicted octanol–water partition coefficient (Wildman–Crippen LogP) is 3.41. The van der Waals surface area contributed by atoms with Crippen LogP contribution in [0, 0.1) is 0 Å². The number of rotatable bonds is 7. The molecule has 1 aliphatic rings. The summed E-state index contributed by atoms with van der Waals surface area (Å²) in [6.45, 7) is 8.29. The molecule has 11 nitrogen and oxygen atoms in total. The number of ether oxygens (including phenoxy) is 3. The van der Waals surface area contributed by atoms with Crippen LogP contribution in [-0.2, 0) is 9.47 Å². The van der Waals surface area contributed by atoms with E-state index in [2.05, 4.69) is 20.6 Å². The molecule has 2 aromatic rings. The van der Waals surface area contributed by atoms with Crippen molar-refractivity contribution >= 4 is 35.2 Å². The van der Waals surface area contributed by atoms with Crippen LogP contribution >= 0.6 is 0 Å². The standard InChI is InChI=1S/C23H32N6O5/c1-6-33-20(30)18-17(24)19(26-15-9-7-8-10-16(15)32-5)28-21(27-18)25-14-11-12-29(13-14)22(31)34-23(2,3)4/h7-10,14H,6,11-13,24H2,1-5H3,(H2,25,26,27,28)/t14-/m1/s1. The minimum atomic E-state index is -0.657. The van der Waals surface area contributed by atoms with E-state index in [1.54, 1.807) is 31.1 Å². The zero-order valence-corrected chi connectivity index (χ0v) is 20.2. The van der Waals surface area contributed by atoms with Gasteiger partial charge in [-0.1, -0.05) is 12.1 Å². The first-order valence-corrected chi connectivity index (χ1v) is 11.1. The molecule has 11 heteroatoms. The molecule has 0 radical (unpaired) electrons. The molecular formula is C23H32N6O5. The minimum Gasteiger partial charge on any atom is -0.495 e. The lowest BCUT2D eigenvalue weighted by Crippen LogP contribution is -2.36. The third kappa shape index (κ3) is 6.18. The molecule has 1 amide bonds. The molecule has 1 aromatic heterocycles. The quantitative estimate of drug-likeness (QED) is 0.513. The van der Waals surface area contributed by atoms with E-state index in [-0.39, 0.29) is 41.9 Å². The van der Waals surface area contributed by atoms with E-state index in [0.717, 1.165) is 0 Å². The first kappa shape index (κ1) is 24.9. The molecule has 0 bridgehead atoms. The van der Waals surface area contributed by atoms with Crippen LogP contribution in [0.4, 0.5) is 27.9 Å². The summed E-state index contributed by atoms with van der Waals surface area (Å²) in [7, 11) is 1.55. The fourth-order valence-electron chi connectivity index (χ4n) is 3.41. The summed E-state index contributed by atoms with van der Waals surface area (Å²) in [6, 6.07) is 7.12. The Morgan fingerprint density at radius 3 is 2.65 bits per heavy atom. The smallest absolute Gasteiger partial charge is 0.410 e. The molecule has 0 saturated carbocycles. The number of methoxy groups -OCH3 is 1. The molecule has 1 aromatic carbocycles. The van der Waals surface area contributed by atoms with Gasteiger partial charge in [0.25, 0.3) is 0 Å². The van der Waals surface area contributed by atoms with Crippen LogP contribution in [0.15, 0.2) is 24.3 Å². The van der Waals surface area contributed by atoms with Crippen molar-refractivity contribution < 1.29 is 23.8 Å². The number of carbonyl (C=O) groups excluding carboxylic acids is 2. The number of nitrogen functional groups attached to an aromatic ring is 1. The number of anilines is 4. The van der Waals surface area contributed by atoms with Crippen LogP contribution in [-0.4, -0.2) is 65.4 Å². The minimum absolute atomic E-state index is 0.0525. The number of likely N-dealkylation sites (tertiary alicyclic amines) is 1. The lowest BCUT2D eigenvalue weighted by molar-refractivity contribution is 0.0293. The third-order valence-corrected chi connectivity index (χ3v) is 4.95. The Morgan fingerprint density at radius 1 is 1.24 bits per heavy atom. The van der Waals surface area contributed by atoms with Crippen LogP contribution in [0.25, 0.3) is 0 Å². The molecular weight excluding hydrogens is 440 g/mol. The largest absolute Gasteiger partial charge is 0.495 e. The second kappa shape index (κ2) is 10.4. The van der Waals surface area contributed by atoms with Crippen molar-refractivity contribution in [3.63, 3.8) is 0 Å². The molecule has 4 N–H and O–H groups in total. The van der Waals surface area contributed by atoms with Crippen LogP contribution in [0.5, 0.6) is 5.75 Å². The fraction of sp³-hybridized carbons (Fsp3) is 0.478. The number of nitrogens with one attached hydrogen (secondary N) is 2. The van der Waals surface area contributed by atoms with Crippen LogP contribution in [0.2, 0.25) is 0 Å². The van der Waals surface area contributed by atoms with E-state index in [4.69, 9.17) is 19.9 Å². The predicted molar refractivity (Wildman–Crippen MR) is 129 cm³/mol. The number of hydrogen-bond donors (Lipinski definition) is 3. The summed E-state index contributed by atoms with van der Waals surface area (Å²) in [4.78, 5) is 35.3. The van der Waals surface area contributed by atoms with E-state index in [1.165, 1.54) is 0 Å². The maximum Gasteiger partial charge on any atom is 0.410 e. The van der Waals surface area contributed by atoms with E-state index in [1.807, 2.05) is 32.9 Å². The van der Waals surface area contributed by atoms with Gasteiger partial charge >= 0.3 is 12.1 Å². The van der Waals surface area contributed by atoms with Crippen LogP contribution in [0.3, 0.4) is 0 Å². The highest BCUT2D eigenvalue weighted by molar-refractivity contribution is 5.96. The highest BCUT2D eigenvalue weighted by Gasteiger charge is 2.31. The number of esters is 1. The van der Waals surface area contributed by atoms with Gasteiger partial charge < -0.3 is 35.5 Å². The molecule has 1 aliphatic heterocycles. The average Bonchev–Trinajstić information content (AvgIpc) is 3.24. The van der Waals surface area contributed by atoms with Crippen molar-refractivity contribution in [3.8, 4) is 5.75 Å². The Balaban J connectivity index is 1.84. The SMILES string of the molecule is CCOC(=O)c1nc(N[C@@H]2CCN(C(=O)OC(C)(C)C)C2)nc(Nc2ccccc2OC)c1N. The number of benzene rings is 1. The molecule has 0 spiro atoms. The molecule has 3 rings (SSSR count). The molecule has 1 fully saturated rings. The Hall–Kier alpha value is -3.76. The highest BCUT2D eigenvalue weighted by atomic mass is 16.6. The van der Waals surface area contributed by atoms with Crippen molar-refractivity contribution in [2.24, 2.45) is 0 Å². The fourth-order valence-corrected chi connectivity index (χ4v) is 3.41. The Morgan fingerprint density at radius 2 is 1.97 bits per heavy atom. The van der Waals surface area contributed by atoms with Gasteiger partial charge in [-0.2, -0.15) is 4.98 Å². The van der Waals surface area contributed by atoms with Gasteiger partial charge in [0.2, 0.25) is 5.95 Å². The van der Waals surface area contributed by atoms with Crippen molar-refractivity contribution in [1.29, 1.82) is 0 Å². The lowest BCUT2D eigenvalue weighted by Gasteiger charge is -2.24. The number of para-hydroxylation sites is 2. The summed E-state index contributed by atoms with van der Waals surface area (Å²) < 4.78 is 15.9. The normalized spacial score (nSPS) is 15.6. The van der Waals surface area contributed by atoms with E-state index < -0.39 is 11.6 Å². The number of amides is 1. The second-order valence-electron chi connectivity index (χ2n) is 8.76. The van der Waals surface area contributed by atoms with Crippen molar-refractivity contribution in [2.75, 3.05) is 43.2 Å². The zero-order chi connectivity index (χ0) is 24.9. The molecule has 0 unspecified atom stereocenters. The average molecular weight is 473 g/mol. The topological polar surface area (TPSA) is 141 Å². The van der Waals surface area contributed by atoms with Crippen molar-refractivity contribution in [3.05, 3.63) is 30.0 Å². The Kier molecular flexibility index (Phi) is 7.64. The summed E-state index contributed by atoms with van der Waals surface area (Å²) in [5, 5.41) is 6.32. The van der Waals surface area contributed by atoms with Gasteiger partial charge in [-0.15, -0.1) is 0 Å². The van der Waals surface area contributed by atoms with Crippen LogP contribution < -0.4 is 21.1 Å². The lowest BCUT2D eigenvalue weighted by atomic mass is 10.2. The van der Waals surface area contributed by atoms with E-state index in [0.29, 0.717) is 30.9 Å². The zero-order valence-electron chi connectivity index (χ0n) is 20.2. The van der Waals surface area contributed by atoms with Gasteiger partial charge in [-0.25, -0.2) is 14.6 Å². The summed E-state index contributed by atoms with van der Waals surface area (Å²) in [5.74, 6) is 0.338. The number of aromatic nitrogens is 2. The Bertz CT molecular complexity index is 1040. The summed E-state index contributed by atoms with van der Waals surface area (Å²) >= 11 is 0. The van der Waals surface area contributed by atoms with Crippen LogP contribution in [0.1, 0.15) is 44.6 Å². The van der Waals surface area contributed by atoms with Gasteiger partial charge in [-0.3, -0.25) is 0 Å². The third-order valence-electron chi connectivity index (χ3n) is 4.95. The van der Waals surface area contributed by atoms with Gasteiger partial charge in [0.05, 0.1) is 19.4 Å². The molecule has 0 aliphatic carbocycles. The maximum atomic E-state index is 12.5. The summed E-state index contributed by atoms with van der Waals surface area (Å²) in [6.07, 6.45) is 0.289. The van der Waals surface area contributed by atoms with Gasteiger partial charge in [0.15, 0.2) is 11.5 Å². The first-order chi connectivity index (χ1) is 16.1. The monoisotopic (exact) mass is 472 g/mol. The molecule has 1 atom stereocenters. The van der Waals surface area contributed by atoms with Crippen molar-refractivity contribution in [1.82, 2.24) is 14.9 Å². The van der Waals surface area contributed by atoms with Gasteiger partial charge in [0.1, 0.15) is 17.0 Å². The highest BCUT2D eigenvalue weighted by Crippen LogP contribution is 2.31. The first-order valence-electron chi connectivity index (χ1n) is 11.1. The second-order valence-corrected chi connectivity index (χ2v) is 8.76. The molecule has 1 saturated heterocycles. The number of nitrogens with two attached hydrogens (primary N) is 1.